The molecule has 0 fully saturated rings. The third kappa shape index (κ3) is 7.97. The number of nitrogens with two attached hydrogens (primary N) is 1. The van der Waals surface area contributed by atoms with E-state index in [4.69, 9.17) is 5.73 Å². The Labute approximate surface area is 174 Å². The van der Waals surface area contributed by atoms with Crippen LogP contribution in [-0.4, -0.2) is 18.1 Å². The van der Waals surface area contributed by atoms with E-state index in [2.05, 4.69) is 23.8 Å². The monoisotopic (exact) mass is 395 g/mol. The number of carbonyl (C=O) groups is 1. The maximum absolute atomic E-state index is 12.3. The zero-order valence-electron chi connectivity index (χ0n) is 18.0. The highest BCUT2D eigenvalue weighted by molar-refractivity contribution is 6.07. The molecule has 0 bridgehead atoms. The number of amides is 1. The summed E-state index contributed by atoms with van der Waals surface area (Å²) >= 11 is 0. The molecule has 156 valence electrons. The van der Waals surface area contributed by atoms with Gasteiger partial charge in [0.2, 0.25) is 0 Å². The van der Waals surface area contributed by atoms with Crippen molar-refractivity contribution in [1.29, 1.82) is 0 Å². The van der Waals surface area contributed by atoms with Crippen molar-refractivity contribution in [2.24, 2.45) is 5.73 Å². The van der Waals surface area contributed by atoms with Gasteiger partial charge < -0.3 is 21.5 Å². The Hall–Kier alpha value is -3.47. The van der Waals surface area contributed by atoms with Crippen LogP contribution in [0, 0.1) is 0 Å². The van der Waals surface area contributed by atoms with Gasteiger partial charge in [-0.25, -0.2) is 0 Å². The molecule has 0 aliphatic carbocycles. The molecule has 2 aromatic rings. The molecule has 2 aromatic carbocycles. The van der Waals surface area contributed by atoms with Crippen LogP contribution >= 0.6 is 0 Å². The van der Waals surface area contributed by atoms with E-state index in [-0.39, 0.29) is 17.2 Å². The van der Waals surface area contributed by atoms with Gasteiger partial charge in [0.15, 0.2) is 0 Å². The van der Waals surface area contributed by atoms with Crippen molar-refractivity contribution in [3.8, 4) is 5.75 Å². The number of nitrogens with one attached hydrogen (secondary N) is 2. The first kappa shape index (κ1) is 25.5. The summed E-state index contributed by atoms with van der Waals surface area (Å²) in [6.45, 7) is 15.1. The van der Waals surface area contributed by atoms with Gasteiger partial charge in [-0.1, -0.05) is 51.3 Å². The Balaban J connectivity index is 0.000000977. The summed E-state index contributed by atoms with van der Waals surface area (Å²) in [5.41, 5.74) is 9.04. The molecular formula is C24H33N3O2. The second-order valence-electron chi connectivity index (χ2n) is 5.69. The van der Waals surface area contributed by atoms with E-state index in [9.17, 15) is 9.90 Å². The van der Waals surface area contributed by atoms with Crippen LogP contribution in [-0.2, 0) is 0 Å². The lowest BCUT2D eigenvalue weighted by atomic mass is 10.0. The Morgan fingerprint density at radius 1 is 1.03 bits per heavy atom. The second-order valence-corrected chi connectivity index (χ2v) is 5.69. The quantitative estimate of drug-likeness (QED) is 0.510. The van der Waals surface area contributed by atoms with Crippen LogP contribution in [0.2, 0.25) is 0 Å². The van der Waals surface area contributed by atoms with Crippen molar-refractivity contribution >= 4 is 29.4 Å². The fraction of sp³-hybridized carbons (Fsp3) is 0.208. The summed E-state index contributed by atoms with van der Waals surface area (Å²) in [5, 5.41) is 16.0. The lowest BCUT2D eigenvalue weighted by Gasteiger charge is -2.11. The molecule has 0 aliphatic rings. The summed E-state index contributed by atoms with van der Waals surface area (Å²) in [6.07, 6.45) is 4.97. The fourth-order valence-electron chi connectivity index (χ4n) is 2.12. The number of allylic oxidation sites excluding steroid dienone is 2. The van der Waals surface area contributed by atoms with Crippen LogP contribution in [0.3, 0.4) is 0 Å². The van der Waals surface area contributed by atoms with Gasteiger partial charge in [-0.15, -0.1) is 0 Å². The minimum atomic E-state index is -0.381. The molecule has 2 rings (SSSR count). The van der Waals surface area contributed by atoms with Crippen LogP contribution in [0.15, 0.2) is 61.3 Å². The molecular weight excluding hydrogens is 362 g/mol. The lowest BCUT2D eigenvalue weighted by Crippen LogP contribution is -2.12. The number of hydrogen-bond donors (Lipinski definition) is 4. The van der Waals surface area contributed by atoms with Crippen molar-refractivity contribution in [1.82, 2.24) is 0 Å². The highest BCUT2D eigenvalue weighted by atomic mass is 16.3. The summed E-state index contributed by atoms with van der Waals surface area (Å²) in [5.74, 6) is -0.481. The average Bonchev–Trinajstić information content (AvgIpc) is 2.75. The number of carbonyl (C=O) groups excluding carboxylic acids is 1. The molecule has 0 saturated carbocycles. The number of rotatable bonds is 5. The van der Waals surface area contributed by atoms with E-state index in [1.54, 1.807) is 30.3 Å². The Morgan fingerprint density at radius 3 is 1.97 bits per heavy atom. The Bertz CT molecular complexity index is 834. The van der Waals surface area contributed by atoms with Crippen molar-refractivity contribution in [3.05, 3.63) is 78.0 Å². The topological polar surface area (TPSA) is 87.4 Å². The van der Waals surface area contributed by atoms with E-state index in [1.807, 2.05) is 53.0 Å². The largest absolute Gasteiger partial charge is 0.506 e. The number of aromatic hydroxyl groups is 1. The molecule has 0 aliphatic heterocycles. The summed E-state index contributed by atoms with van der Waals surface area (Å²) in [6, 6.07) is 10.6. The molecule has 5 heteroatoms. The Morgan fingerprint density at radius 2 is 1.55 bits per heavy atom. The normalized spacial score (nSPS) is 9.76. The molecule has 0 radical (unpaired) electrons. The maximum Gasteiger partial charge on any atom is 0.259 e. The van der Waals surface area contributed by atoms with Gasteiger partial charge in [0.1, 0.15) is 5.75 Å². The third-order valence-corrected chi connectivity index (χ3v) is 3.81. The van der Waals surface area contributed by atoms with Crippen LogP contribution in [0.5, 0.6) is 5.75 Å². The molecule has 0 spiro atoms. The number of anilines is 2. The molecule has 0 saturated heterocycles. The number of phenols is 1. The number of benzene rings is 2. The lowest BCUT2D eigenvalue weighted by molar-refractivity contribution is 0.102. The van der Waals surface area contributed by atoms with Gasteiger partial charge in [-0.2, -0.15) is 0 Å². The van der Waals surface area contributed by atoms with Crippen LogP contribution in [0.4, 0.5) is 11.4 Å². The van der Waals surface area contributed by atoms with Gasteiger partial charge in [0.05, 0.1) is 5.56 Å². The molecule has 0 aromatic heterocycles. The standard InChI is InChI=1S/C18H18N2O2.C4H9N.C2H6/c1-4-12-6-11-16(17(21)15(12)5-2)18(22)20-14-9-7-13(19-3)8-10-14;1-3-4(2)5;1-2/h4-11,19,21H,1-2H2,3H3,(H,20,22);3H,5H2,1-2H3;1-2H3/b;4-3+;. The fourth-order valence-corrected chi connectivity index (χ4v) is 2.12. The van der Waals surface area contributed by atoms with E-state index >= 15 is 0 Å². The van der Waals surface area contributed by atoms with Gasteiger partial charge in [0, 0.05) is 29.7 Å². The van der Waals surface area contributed by atoms with Gasteiger partial charge in [-0.3, -0.25) is 4.79 Å². The molecule has 5 nitrogen and oxygen atoms in total. The predicted molar refractivity (Wildman–Crippen MR) is 127 cm³/mol. The molecule has 5 N–H and O–H groups in total. The molecule has 1 amide bonds. The van der Waals surface area contributed by atoms with Crippen molar-refractivity contribution < 1.29 is 9.90 Å². The van der Waals surface area contributed by atoms with Crippen molar-refractivity contribution in [2.45, 2.75) is 27.7 Å². The van der Waals surface area contributed by atoms with Gasteiger partial charge in [0.25, 0.3) is 5.91 Å². The molecule has 0 atom stereocenters. The van der Waals surface area contributed by atoms with E-state index in [1.165, 1.54) is 6.08 Å². The number of hydrogen-bond acceptors (Lipinski definition) is 4. The summed E-state index contributed by atoms with van der Waals surface area (Å²) in [7, 11) is 1.82. The van der Waals surface area contributed by atoms with E-state index in [0.29, 0.717) is 11.3 Å². The summed E-state index contributed by atoms with van der Waals surface area (Å²) in [4.78, 5) is 12.3. The highest BCUT2D eigenvalue weighted by Gasteiger charge is 2.15. The minimum absolute atomic E-state index is 0.100. The smallest absolute Gasteiger partial charge is 0.259 e. The van der Waals surface area contributed by atoms with Gasteiger partial charge >= 0.3 is 0 Å². The molecule has 29 heavy (non-hydrogen) atoms. The second kappa shape index (κ2) is 13.7. The molecule has 0 unspecified atom stereocenters. The Kier molecular flexibility index (Phi) is 12.0. The predicted octanol–water partition coefficient (Wildman–Crippen LogP) is 5.87. The van der Waals surface area contributed by atoms with Crippen LogP contribution in [0.25, 0.3) is 12.2 Å². The van der Waals surface area contributed by atoms with Crippen molar-refractivity contribution in [2.75, 3.05) is 17.7 Å². The zero-order chi connectivity index (χ0) is 22.4. The van der Waals surface area contributed by atoms with Crippen LogP contribution in [0.1, 0.15) is 49.2 Å². The zero-order valence-corrected chi connectivity index (χ0v) is 18.0. The van der Waals surface area contributed by atoms with Gasteiger partial charge in [-0.05, 0) is 49.7 Å². The van der Waals surface area contributed by atoms with Crippen LogP contribution < -0.4 is 16.4 Å². The van der Waals surface area contributed by atoms with E-state index in [0.717, 1.165) is 16.9 Å². The van der Waals surface area contributed by atoms with Crippen molar-refractivity contribution in [3.63, 3.8) is 0 Å². The first-order valence-corrected chi connectivity index (χ1v) is 9.46. The maximum atomic E-state index is 12.3. The number of phenolic OH excluding ortho intramolecular Hbond substituents is 1. The molecule has 0 heterocycles. The third-order valence-electron chi connectivity index (χ3n) is 3.81. The van der Waals surface area contributed by atoms with E-state index < -0.39 is 0 Å². The first-order valence-electron chi connectivity index (χ1n) is 9.46. The SMILES string of the molecule is C/C=C(\C)N.C=Cc1ccc(C(=O)Nc2ccc(NC)cc2)c(O)c1C=C.CC. The first-order chi connectivity index (χ1) is 13.9. The average molecular weight is 396 g/mol. The highest BCUT2D eigenvalue weighted by Crippen LogP contribution is 2.28. The minimum Gasteiger partial charge on any atom is -0.506 e. The summed E-state index contributed by atoms with van der Waals surface area (Å²) < 4.78 is 0.